The number of aliphatic hydroxyl groups excluding tert-OH is 1. The fourth-order valence-electron chi connectivity index (χ4n) is 5.49. The number of rotatable bonds is 9. The molecule has 1 aliphatic rings. The highest BCUT2D eigenvalue weighted by Gasteiger charge is 2.36. The highest BCUT2D eigenvalue weighted by molar-refractivity contribution is 5.85. The summed E-state index contributed by atoms with van der Waals surface area (Å²) in [4.78, 5) is 19.7. The van der Waals surface area contributed by atoms with Gasteiger partial charge >= 0.3 is 0 Å². The number of amides is 1. The number of nitrogens with zero attached hydrogens (tertiary/aromatic N) is 5. The van der Waals surface area contributed by atoms with E-state index in [1.165, 1.54) is 5.56 Å². The standard InChI is InChI=1S/C31H34N6O3/c1-3-40-26-16-27(30-25(18-32)20-34-37(30)21-26)24-9-10-28(33-19-24)36-13-11-31(12-14-36,35-29(39)15-22(2)38)17-23-7-5-4-6-8-23/h4-10,16,19-22,38H,3,11-15,17H2,1-2H3,(H,35,39). The summed E-state index contributed by atoms with van der Waals surface area (Å²) >= 11 is 0. The normalized spacial score (nSPS) is 15.4. The number of hydrogen-bond acceptors (Lipinski definition) is 7. The molecule has 40 heavy (non-hydrogen) atoms. The third-order valence-electron chi connectivity index (χ3n) is 7.39. The van der Waals surface area contributed by atoms with Crippen LogP contribution in [0.1, 0.15) is 44.2 Å². The molecule has 1 saturated heterocycles. The maximum Gasteiger partial charge on any atom is 0.223 e. The number of fused-ring (bicyclic) bond motifs is 1. The van der Waals surface area contributed by atoms with Crippen molar-refractivity contribution in [2.75, 3.05) is 24.6 Å². The molecular weight excluding hydrogens is 504 g/mol. The van der Waals surface area contributed by atoms with Crippen molar-refractivity contribution in [1.29, 1.82) is 5.26 Å². The van der Waals surface area contributed by atoms with Crippen molar-refractivity contribution in [3.05, 3.63) is 78.2 Å². The van der Waals surface area contributed by atoms with Gasteiger partial charge in [0.05, 0.1) is 42.6 Å². The Balaban J connectivity index is 1.36. The van der Waals surface area contributed by atoms with Crippen LogP contribution < -0.4 is 15.0 Å². The zero-order valence-electron chi connectivity index (χ0n) is 22.9. The molecule has 1 amide bonds. The van der Waals surface area contributed by atoms with E-state index in [1.807, 2.05) is 49.5 Å². The average molecular weight is 539 g/mol. The summed E-state index contributed by atoms with van der Waals surface area (Å²) in [6, 6.07) is 18.4. The average Bonchev–Trinajstić information content (AvgIpc) is 3.36. The molecular formula is C31H34N6O3. The summed E-state index contributed by atoms with van der Waals surface area (Å²) in [7, 11) is 0. The zero-order chi connectivity index (χ0) is 28.1. The number of nitrogens with one attached hydrogen (secondary N) is 1. The Morgan fingerprint density at radius 1 is 1.20 bits per heavy atom. The van der Waals surface area contributed by atoms with Crippen molar-refractivity contribution in [2.24, 2.45) is 0 Å². The predicted molar refractivity (Wildman–Crippen MR) is 153 cm³/mol. The minimum absolute atomic E-state index is 0.0890. The van der Waals surface area contributed by atoms with Gasteiger partial charge in [0, 0.05) is 36.0 Å². The van der Waals surface area contributed by atoms with Crippen LogP contribution in [0.4, 0.5) is 5.82 Å². The van der Waals surface area contributed by atoms with Gasteiger partial charge in [-0.1, -0.05) is 30.3 Å². The number of ether oxygens (including phenoxy) is 1. The number of carbonyl (C=O) groups is 1. The number of hydrogen-bond donors (Lipinski definition) is 2. The van der Waals surface area contributed by atoms with Gasteiger partial charge in [0.2, 0.25) is 5.91 Å². The van der Waals surface area contributed by atoms with Gasteiger partial charge in [-0.3, -0.25) is 4.79 Å². The maximum atomic E-state index is 12.7. The molecule has 0 radical (unpaired) electrons. The van der Waals surface area contributed by atoms with E-state index in [-0.39, 0.29) is 17.9 Å². The lowest BCUT2D eigenvalue weighted by Gasteiger charge is -2.43. The molecule has 9 nitrogen and oxygen atoms in total. The lowest BCUT2D eigenvalue weighted by Crippen LogP contribution is -2.57. The topological polar surface area (TPSA) is 116 Å². The van der Waals surface area contributed by atoms with Crippen LogP contribution in [0.2, 0.25) is 0 Å². The molecule has 1 fully saturated rings. The van der Waals surface area contributed by atoms with Crippen LogP contribution in [0.25, 0.3) is 16.6 Å². The second kappa shape index (κ2) is 11.8. The minimum Gasteiger partial charge on any atom is -0.492 e. The number of anilines is 1. The molecule has 2 N–H and O–H groups in total. The van der Waals surface area contributed by atoms with E-state index in [2.05, 4.69) is 33.5 Å². The zero-order valence-corrected chi connectivity index (χ0v) is 22.9. The summed E-state index contributed by atoms with van der Waals surface area (Å²) < 4.78 is 7.41. The summed E-state index contributed by atoms with van der Waals surface area (Å²) in [6.45, 7) is 5.55. The maximum absolute atomic E-state index is 12.7. The first-order chi connectivity index (χ1) is 19.4. The van der Waals surface area contributed by atoms with Gasteiger partial charge < -0.3 is 20.1 Å². The molecule has 4 heterocycles. The fraction of sp³-hybridized carbons (Fsp3) is 0.355. The predicted octanol–water partition coefficient (Wildman–Crippen LogP) is 4.14. The van der Waals surface area contributed by atoms with Gasteiger partial charge in [-0.05, 0) is 56.9 Å². The van der Waals surface area contributed by atoms with Gasteiger partial charge in [-0.15, -0.1) is 0 Å². The third kappa shape index (κ3) is 5.92. The second-order valence-corrected chi connectivity index (χ2v) is 10.4. The lowest BCUT2D eigenvalue weighted by atomic mass is 9.81. The fourth-order valence-corrected chi connectivity index (χ4v) is 5.49. The van der Waals surface area contributed by atoms with Crippen LogP contribution in [-0.4, -0.2) is 57.0 Å². The van der Waals surface area contributed by atoms with Gasteiger partial charge in [0.1, 0.15) is 17.6 Å². The number of nitriles is 1. The van der Waals surface area contributed by atoms with Crippen molar-refractivity contribution >= 4 is 17.2 Å². The van der Waals surface area contributed by atoms with Gasteiger partial charge in [0.25, 0.3) is 0 Å². The van der Waals surface area contributed by atoms with Crippen LogP contribution in [0.15, 0.2) is 67.1 Å². The molecule has 3 aromatic heterocycles. The molecule has 1 aromatic carbocycles. The molecule has 0 bridgehead atoms. The number of aromatic nitrogens is 3. The lowest BCUT2D eigenvalue weighted by molar-refractivity contribution is -0.125. The Labute approximate surface area is 234 Å². The first kappa shape index (κ1) is 27.2. The highest BCUT2D eigenvalue weighted by atomic mass is 16.5. The Hall–Kier alpha value is -4.42. The Morgan fingerprint density at radius 3 is 2.62 bits per heavy atom. The van der Waals surface area contributed by atoms with Crippen molar-refractivity contribution in [3.8, 4) is 22.9 Å². The Morgan fingerprint density at radius 2 is 1.98 bits per heavy atom. The van der Waals surface area contributed by atoms with Gasteiger partial charge in [0.15, 0.2) is 0 Å². The van der Waals surface area contributed by atoms with Crippen molar-refractivity contribution in [2.45, 2.75) is 51.2 Å². The number of carbonyl (C=O) groups excluding carboxylic acids is 1. The van der Waals surface area contributed by atoms with E-state index in [4.69, 9.17) is 9.72 Å². The SMILES string of the molecule is CCOc1cc(-c2ccc(N3CCC(Cc4ccccc4)(NC(=O)CC(C)O)CC3)nc2)c2c(C#N)cnn2c1. The van der Waals surface area contributed by atoms with Gasteiger partial charge in [-0.25, -0.2) is 9.50 Å². The van der Waals surface area contributed by atoms with Crippen LogP contribution in [-0.2, 0) is 11.2 Å². The summed E-state index contributed by atoms with van der Waals surface area (Å²) in [5.41, 5.74) is 3.70. The van der Waals surface area contributed by atoms with E-state index >= 15 is 0 Å². The molecule has 0 aliphatic carbocycles. The van der Waals surface area contributed by atoms with Crippen molar-refractivity contribution < 1.29 is 14.6 Å². The smallest absolute Gasteiger partial charge is 0.223 e. The van der Waals surface area contributed by atoms with Crippen molar-refractivity contribution in [3.63, 3.8) is 0 Å². The molecule has 206 valence electrons. The molecule has 4 aromatic rings. The number of aliphatic hydroxyl groups is 1. The molecule has 0 saturated carbocycles. The molecule has 1 unspecified atom stereocenters. The summed E-state index contributed by atoms with van der Waals surface area (Å²) in [5, 5.41) is 26.9. The Kier molecular flexibility index (Phi) is 7.99. The molecule has 9 heteroatoms. The highest BCUT2D eigenvalue weighted by Crippen LogP contribution is 2.33. The quantitative estimate of drug-likeness (QED) is 0.329. The number of pyridine rings is 2. The molecule has 0 spiro atoms. The minimum atomic E-state index is -0.682. The monoisotopic (exact) mass is 538 g/mol. The largest absolute Gasteiger partial charge is 0.492 e. The van der Waals surface area contributed by atoms with Crippen LogP contribution >= 0.6 is 0 Å². The second-order valence-electron chi connectivity index (χ2n) is 10.4. The van der Waals surface area contributed by atoms with Crippen molar-refractivity contribution in [1.82, 2.24) is 19.9 Å². The van der Waals surface area contributed by atoms with E-state index in [9.17, 15) is 15.2 Å². The van der Waals surface area contributed by atoms with Crippen LogP contribution in [0, 0.1) is 11.3 Å². The number of benzene rings is 1. The van der Waals surface area contributed by atoms with E-state index < -0.39 is 6.10 Å². The summed E-state index contributed by atoms with van der Waals surface area (Å²) in [5.74, 6) is 1.41. The Bertz CT molecular complexity index is 1500. The molecule has 5 rings (SSSR count). The number of piperidine rings is 1. The van der Waals surface area contributed by atoms with E-state index in [0.717, 1.165) is 54.8 Å². The molecule has 1 atom stereocenters. The van der Waals surface area contributed by atoms with E-state index in [0.29, 0.717) is 17.9 Å². The third-order valence-corrected chi connectivity index (χ3v) is 7.39. The van der Waals surface area contributed by atoms with Gasteiger partial charge in [-0.2, -0.15) is 10.4 Å². The van der Waals surface area contributed by atoms with E-state index in [1.54, 1.807) is 23.8 Å². The summed E-state index contributed by atoms with van der Waals surface area (Å²) in [6.07, 6.45) is 6.82. The van der Waals surface area contributed by atoms with Crippen LogP contribution in [0.3, 0.4) is 0 Å². The first-order valence-corrected chi connectivity index (χ1v) is 13.7. The van der Waals surface area contributed by atoms with Crippen LogP contribution in [0.5, 0.6) is 5.75 Å². The first-order valence-electron chi connectivity index (χ1n) is 13.7. The molecule has 1 aliphatic heterocycles.